The maximum atomic E-state index is 9.89. The smallest absolute Gasteiger partial charge is 0.143 e. The fourth-order valence-corrected chi connectivity index (χ4v) is 1.69. The van der Waals surface area contributed by atoms with Crippen molar-refractivity contribution in [3.8, 4) is 11.8 Å². The van der Waals surface area contributed by atoms with Crippen LogP contribution in [-0.2, 0) is 0 Å². The highest BCUT2D eigenvalue weighted by Gasteiger charge is 2.11. The molecule has 1 heterocycles. The number of ether oxygens (including phenoxy) is 1. The molecular weight excluding hydrogens is 244 g/mol. The summed E-state index contributed by atoms with van der Waals surface area (Å²) in [5.41, 5.74) is 1.24. The number of hydrogen-bond acceptors (Lipinski definition) is 5. The molecule has 1 aromatic heterocycles. The zero-order valence-electron chi connectivity index (χ0n) is 10.5. The van der Waals surface area contributed by atoms with Crippen LogP contribution in [0.1, 0.15) is 17.4 Å². The summed E-state index contributed by atoms with van der Waals surface area (Å²) in [6.45, 7) is 0.287. The van der Waals surface area contributed by atoms with Crippen LogP contribution in [0.5, 0.6) is 5.75 Å². The van der Waals surface area contributed by atoms with Gasteiger partial charge in [-0.25, -0.2) is 0 Å². The molecule has 2 N–H and O–H groups in total. The summed E-state index contributed by atoms with van der Waals surface area (Å²) in [6.07, 6.45) is 0.774. The number of nitrogens with zero attached hydrogens (tertiary/aromatic N) is 1. The van der Waals surface area contributed by atoms with E-state index in [4.69, 9.17) is 14.4 Å². The molecule has 2 rings (SSSR count). The largest absolute Gasteiger partial charge is 0.495 e. The second-order valence-electron chi connectivity index (χ2n) is 3.94. The average Bonchev–Trinajstić information content (AvgIpc) is 2.98. The fraction of sp³-hybridized carbons (Fsp3) is 0.214. The molecule has 0 aliphatic carbocycles. The van der Waals surface area contributed by atoms with Gasteiger partial charge < -0.3 is 19.6 Å². The molecular formula is C14H14N2O3. The van der Waals surface area contributed by atoms with E-state index in [-0.39, 0.29) is 6.54 Å². The lowest BCUT2D eigenvalue weighted by atomic mass is 10.2. The van der Waals surface area contributed by atoms with E-state index in [0.717, 1.165) is 0 Å². The first-order chi connectivity index (χ1) is 9.24. The summed E-state index contributed by atoms with van der Waals surface area (Å²) in [6, 6.07) is 10.5. The Morgan fingerprint density at radius 3 is 2.95 bits per heavy atom. The molecule has 0 saturated carbocycles. The number of benzene rings is 1. The van der Waals surface area contributed by atoms with E-state index < -0.39 is 6.10 Å². The van der Waals surface area contributed by atoms with Crippen LogP contribution in [0.2, 0.25) is 0 Å². The Kier molecular flexibility index (Phi) is 4.06. The molecule has 0 aliphatic rings. The van der Waals surface area contributed by atoms with Crippen LogP contribution < -0.4 is 10.1 Å². The van der Waals surface area contributed by atoms with Gasteiger partial charge in [-0.05, 0) is 24.3 Å². The number of methoxy groups -OCH3 is 1. The molecule has 1 aromatic carbocycles. The maximum absolute atomic E-state index is 9.89. The van der Waals surface area contributed by atoms with Gasteiger partial charge in [0, 0.05) is 12.6 Å². The molecule has 0 aliphatic heterocycles. The Labute approximate surface area is 111 Å². The minimum atomic E-state index is -0.740. The fourth-order valence-electron chi connectivity index (χ4n) is 1.69. The average molecular weight is 258 g/mol. The number of furan rings is 1. The number of nitrogens with one attached hydrogen (secondary N) is 1. The third kappa shape index (κ3) is 3.06. The first kappa shape index (κ1) is 13.0. The molecule has 0 saturated heterocycles. The molecule has 2 aromatic rings. The maximum Gasteiger partial charge on any atom is 0.143 e. The van der Waals surface area contributed by atoms with Crippen molar-refractivity contribution >= 4 is 5.69 Å². The topological polar surface area (TPSA) is 78.4 Å². The number of nitriles is 1. The van der Waals surface area contributed by atoms with Crippen LogP contribution >= 0.6 is 0 Å². The highest BCUT2D eigenvalue weighted by molar-refractivity contribution is 5.59. The van der Waals surface area contributed by atoms with Gasteiger partial charge in [-0.15, -0.1) is 0 Å². The van der Waals surface area contributed by atoms with Crippen molar-refractivity contribution in [1.82, 2.24) is 0 Å². The lowest BCUT2D eigenvalue weighted by Crippen LogP contribution is -2.12. The molecule has 5 heteroatoms. The molecule has 0 fully saturated rings. The van der Waals surface area contributed by atoms with Gasteiger partial charge in [0.1, 0.15) is 17.6 Å². The van der Waals surface area contributed by atoms with Crippen molar-refractivity contribution in [1.29, 1.82) is 5.26 Å². The lowest BCUT2D eigenvalue weighted by molar-refractivity contribution is 0.162. The third-order valence-corrected chi connectivity index (χ3v) is 2.69. The highest BCUT2D eigenvalue weighted by Crippen LogP contribution is 2.26. The Morgan fingerprint density at radius 1 is 1.47 bits per heavy atom. The summed E-state index contributed by atoms with van der Waals surface area (Å²) in [4.78, 5) is 0. The van der Waals surface area contributed by atoms with Gasteiger partial charge in [0.15, 0.2) is 0 Å². The monoisotopic (exact) mass is 258 g/mol. The number of anilines is 1. The van der Waals surface area contributed by atoms with E-state index in [1.807, 2.05) is 6.07 Å². The predicted molar refractivity (Wildman–Crippen MR) is 69.9 cm³/mol. The van der Waals surface area contributed by atoms with Gasteiger partial charge >= 0.3 is 0 Å². The second-order valence-corrected chi connectivity index (χ2v) is 3.94. The SMILES string of the molecule is COc1cc(C#N)ccc1NCC(O)c1ccco1. The van der Waals surface area contributed by atoms with Crippen LogP contribution in [-0.4, -0.2) is 18.8 Å². The zero-order chi connectivity index (χ0) is 13.7. The molecule has 1 unspecified atom stereocenters. The van der Waals surface area contributed by atoms with Crippen LogP contribution in [0, 0.1) is 11.3 Å². The molecule has 0 bridgehead atoms. The zero-order valence-corrected chi connectivity index (χ0v) is 10.5. The van der Waals surface area contributed by atoms with Gasteiger partial charge in [-0.3, -0.25) is 0 Å². The van der Waals surface area contributed by atoms with E-state index in [1.54, 1.807) is 30.3 Å². The Hall–Kier alpha value is -2.45. The Bertz CT molecular complexity index is 573. The normalized spacial score (nSPS) is 11.6. The predicted octanol–water partition coefficient (Wildman–Crippen LogP) is 2.31. The van der Waals surface area contributed by atoms with Crippen LogP contribution in [0.15, 0.2) is 41.0 Å². The van der Waals surface area contributed by atoms with Crippen LogP contribution in [0.4, 0.5) is 5.69 Å². The number of aliphatic hydroxyl groups excluding tert-OH is 1. The molecule has 98 valence electrons. The molecule has 19 heavy (non-hydrogen) atoms. The van der Waals surface area contributed by atoms with Gasteiger partial charge in [0.05, 0.1) is 30.7 Å². The van der Waals surface area contributed by atoms with Crippen molar-refractivity contribution in [2.24, 2.45) is 0 Å². The van der Waals surface area contributed by atoms with Crippen molar-refractivity contribution in [3.63, 3.8) is 0 Å². The summed E-state index contributed by atoms with van der Waals surface area (Å²) in [5, 5.41) is 21.8. The Balaban J connectivity index is 2.05. The van der Waals surface area contributed by atoms with Gasteiger partial charge in [0.2, 0.25) is 0 Å². The van der Waals surface area contributed by atoms with Gasteiger partial charge in [0.25, 0.3) is 0 Å². The summed E-state index contributed by atoms with van der Waals surface area (Å²) in [5.74, 6) is 1.06. The van der Waals surface area contributed by atoms with E-state index in [0.29, 0.717) is 22.8 Å². The third-order valence-electron chi connectivity index (χ3n) is 2.69. The van der Waals surface area contributed by atoms with E-state index in [2.05, 4.69) is 5.32 Å². The number of hydrogen-bond donors (Lipinski definition) is 2. The molecule has 0 spiro atoms. The van der Waals surface area contributed by atoms with E-state index >= 15 is 0 Å². The van der Waals surface area contributed by atoms with E-state index in [9.17, 15) is 5.11 Å². The van der Waals surface area contributed by atoms with Crippen molar-refractivity contribution < 1.29 is 14.3 Å². The standard InChI is InChI=1S/C14H14N2O3/c1-18-14-7-10(8-15)4-5-11(14)16-9-12(17)13-3-2-6-19-13/h2-7,12,16-17H,9H2,1H3. The first-order valence-electron chi connectivity index (χ1n) is 5.78. The number of rotatable bonds is 5. The minimum Gasteiger partial charge on any atom is -0.495 e. The van der Waals surface area contributed by atoms with Crippen LogP contribution in [0.3, 0.4) is 0 Å². The first-order valence-corrected chi connectivity index (χ1v) is 5.78. The second kappa shape index (κ2) is 5.94. The van der Waals surface area contributed by atoms with Crippen molar-refractivity contribution in [2.45, 2.75) is 6.10 Å². The molecule has 0 radical (unpaired) electrons. The molecule has 1 atom stereocenters. The van der Waals surface area contributed by atoms with Gasteiger partial charge in [-0.2, -0.15) is 5.26 Å². The number of aliphatic hydroxyl groups is 1. The highest BCUT2D eigenvalue weighted by atomic mass is 16.5. The van der Waals surface area contributed by atoms with E-state index in [1.165, 1.54) is 13.4 Å². The summed E-state index contributed by atoms with van der Waals surface area (Å²) in [7, 11) is 1.53. The van der Waals surface area contributed by atoms with Crippen LogP contribution in [0.25, 0.3) is 0 Å². The summed E-state index contributed by atoms with van der Waals surface area (Å²) >= 11 is 0. The molecule has 5 nitrogen and oxygen atoms in total. The summed E-state index contributed by atoms with van der Waals surface area (Å²) < 4.78 is 10.3. The molecule has 0 amide bonds. The van der Waals surface area contributed by atoms with Crippen molar-refractivity contribution in [2.75, 3.05) is 19.0 Å². The van der Waals surface area contributed by atoms with Gasteiger partial charge in [-0.1, -0.05) is 0 Å². The lowest BCUT2D eigenvalue weighted by Gasteiger charge is -2.13. The quantitative estimate of drug-likeness (QED) is 0.860. The Morgan fingerprint density at radius 2 is 2.32 bits per heavy atom. The van der Waals surface area contributed by atoms with Crippen molar-refractivity contribution in [3.05, 3.63) is 47.9 Å². The minimum absolute atomic E-state index is 0.287.